The summed E-state index contributed by atoms with van der Waals surface area (Å²) in [5, 5.41) is 11.4. The van der Waals surface area contributed by atoms with E-state index in [0.717, 1.165) is 5.56 Å². The quantitative estimate of drug-likeness (QED) is 0.316. The fraction of sp³-hybridized carbons (Fsp3) is 0.130. The van der Waals surface area contributed by atoms with Crippen molar-refractivity contribution in [3.8, 4) is 5.75 Å². The third kappa shape index (κ3) is 3.48. The van der Waals surface area contributed by atoms with Gasteiger partial charge in [0.2, 0.25) is 0 Å². The maximum absolute atomic E-state index is 13.1. The van der Waals surface area contributed by atoms with E-state index in [1.54, 1.807) is 24.3 Å². The second kappa shape index (κ2) is 8.13. The maximum atomic E-state index is 13.1. The smallest absolute Gasteiger partial charge is 0.300 e. The predicted octanol–water partition coefficient (Wildman–Crippen LogP) is 5.53. The van der Waals surface area contributed by atoms with Crippen molar-refractivity contribution in [2.75, 3.05) is 12.0 Å². The van der Waals surface area contributed by atoms with Crippen LogP contribution in [0.5, 0.6) is 5.75 Å². The molecule has 1 fully saturated rings. The number of hydrogen-bond donors (Lipinski definition) is 1. The molecule has 1 aromatic heterocycles. The van der Waals surface area contributed by atoms with E-state index in [1.807, 2.05) is 19.1 Å². The number of methoxy groups -OCH3 is 1. The zero-order valence-electron chi connectivity index (χ0n) is 16.6. The summed E-state index contributed by atoms with van der Waals surface area (Å²) in [6, 6.07) is 12.3. The summed E-state index contributed by atoms with van der Waals surface area (Å²) in [4.78, 5) is 27.5. The Morgan fingerprint density at radius 1 is 1.10 bits per heavy atom. The summed E-state index contributed by atoms with van der Waals surface area (Å²) in [5.41, 5.74) is 1.38. The lowest BCUT2D eigenvalue weighted by Gasteiger charge is -2.24. The normalized spacial score (nSPS) is 17.9. The Hall–Kier alpha value is -3.22. The zero-order valence-corrected chi connectivity index (χ0v) is 18.1. The molecule has 1 N–H and O–H groups in total. The Balaban J connectivity index is 1.95. The van der Waals surface area contributed by atoms with Gasteiger partial charge in [-0.3, -0.25) is 14.5 Å². The van der Waals surface area contributed by atoms with Gasteiger partial charge in [-0.1, -0.05) is 41.4 Å². The highest BCUT2D eigenvalue weighted by Crippen LogP contribution is 2.44. The number of benzene rings is 2. The second-order valence-corrected chi connectivity index (χ2v) is 7.76. The Bertz CT molecular complexity index is 1190. The van der Waals surface area contributed by atoms with Crippen molar-refractivity contribution in [1.29, 1.82) is 0 Å². The first kappa shape index (κ1) is 21.0. The van der Waals surface area contributed by atoms with Crippen molar-refractivity contribution < 1.29 is 23.8 Å². The number of furan rings is 1. The second-order valence-electron chi connectivity index (χ2n) is 6.94. The van der Waals surface area contributed by atoms with E-state index in [4.69, 9.17) is 32.4 Å². The molecule has 0 spiro atoms. The standard InChI is InChI=1S/C23H17Cl2NO5/c1-12-6-3-4-7-16(12)26-19(17-8-5-9-31-17)18(21(28)23(26)29)20(27)13-10-14(24)22(30-2)15(25)11-13/h3-11,19,27H,1-2H3/b20-18-. The largest absolute Gasteiger partial charge is 0.507 e. The van der Waals surface area contributed by atoms with Crippen molar-refractivity contribution in [1.82, 2.24) is 0 Å². The molecule has 0 bridgehead atoms. The van der Waals surface area contributed by atoms with Crippen molar-refractivity contribution >= 4 is 46.3 Å². The van der Waals surface area contributed by atoms with Crippen molar-refractivity contribution in [3.63, 3.8) is 0 Å². The summed E-state index contributed by atoms with van der Waals surface area (Å²) in [5.74, 6) is -1.46. The number of nitrogens with zero attached hydrogens (tertiary/aromatic N) is 1. The summed E-state index contributed by atoms with van der Waals surface area (Å²) >= 11 is 12.4. The van der Waals surface area contributed by atoms with E-state index >= 15 is 0 Å². The molecule has 1 atom stereocenters. The van der Waals surface area contributed by atoms with E-state index < -0.39 is 23.5 Å². The van der Waals surface area contributed by atoms with Crippen LogP contribution in [0.3, 0.4) is 0 Å². The number of carbonyl (C=O) groups excluding carboxylic acids is 2. The Morgan fingerprint density at radius 2 is 1.77 bits per heavy atom. The summed E-state index contributed by atoms with van der Waals surface area (Å²) < 4.78 is 10.7. The third-order valence-electron chi connectivity index (χ3n) is 5.11. The molecule has 1 saturated heterocycles. The summed E-state index contributed by atoms with van der Waals surface area (Å²) in [6.07, 6.45) is 1.44. The highest BCUT2D eigenvalue weighted by Gasteiger charge is 2.48. The first-order valence-corrected chi connectivity index (χ1v) is 10.0. The molecule has 1 amide bonds. The molecule has 1 aliphatic heterocycles. The molecule has 0 radical (unpaired) electrons. The van der Waals surface area contributed by atoms with Crippen molar-refractivity contribution in [2.45, 2.75) is 13.0 Å². The minimum atomic E-state index is -0.962. The molecule has 158 valence electrons. The van der Waals surface area contributed by atoms with Gasteiger partial charge in [-0.2, -0.15) is 0 Å². The van der Waals surface area contributed by atoms with Gasteiger partial charge in [0.05, 0.1) is 29.0 Å². The van der Waals surface area contributed by atoms with Crippen LogP contribution >= 0.6 is 23.2 Å². The van der Waals surface area contributed by atoms with Gasteiger partial charge < -0.3 is 14.3 Å². The van der Waals surface area contributed by atoms with Crippen LogP contribution < -0.4 is 9.64 Å². The van der Waals surface area contributed by atoms with Gasteiger partial charge in [0.25, 0.3) is 11.7 Å². The van der Waals surface area contributed by atoms with Crippen LogP contribution in [0, 0.1) is 6.92 Å². The molecule has 6 nitrogen and oxygen atoms in total. The number of ether oxygens (including phenoxy) is 1. The lowest BCUT2D eigenvalue weighted by molar-refractivity contribution is -0.132. The minimum absolute atomic E-state index is 0.125. The number of hydrogen-bond acceptors (Lipinski definition) is 5. The predicted molar refractivity (Wildman–Crippen MR) is 118 cm³/mol. The Morgan fingerprint density at radius 3 is 2.35 bits per heavy atom. The van der Waals surface area contributed by atoms with Gasteiger partial charge in [-0.05, 0) is 42.8 Å². The third-order valence-corrected chi connectivity index (χ3v) is 5.67. The molecule has 3 aromatic rings. The van der Waals surface area contributed by atoms with Crippen molar-refractivity contribution in [3.05, 3.63) is 87.3 Å². The molecular formula is C23H17Cl2NO5. The first-order chi connectivity index (χ1) is 14.8. The number of aliphatic hydroxyl groups is 1. The van der Waals surface area contributed by atoms with Crippen LogP contribution in [-0.2, 0) is 9.59 Å². The van der Waals surface area contributed by atoms with E-state index in [9.17, 15) is 14.7 Å². The van der Waals surface area contributed by atoms with Gasteiger partial charge in [0.15, 0.2) is 5.75 Å². The van der Waals surface area contributed by atoms with Gasteiger partial charge in [-0.15, -0.1) is 0 Å². The van der Waals surface area contributed by atoms with E-state index in [-0.39, 0.29) is 26.9 Å². The van der Waals surface area contributed by atoms with Gasteiger partial charge in [0.1, 0.15) is 17.6 Å². The molecule has 4 rings (SSSR count). The molecule has 0 saturated carbocycles. The lowest BCUT2D eigenvalue weighted by atomic mass is 9.99. The van der Waals surface area contributed by atoms with Crippen molar-refractivity contribution in [2.24, 2.45) is 0 Å². The van der Waals surface area contributed by atoms with Gasteiger partial charge in [-0.25, -0.2) is 0 Å². The molecule has 1 aliphatic rings. The molecule has 31 heavy (non-hydrogen) atoms. The average Bonchev–Trinajstić information content (AvgIpc) is 3.35. The fourth-order valence-corrected chi connectivity index (χ4v) is 4.32. The number of Topliss-reactive ketones (excluding diaryl/α,β-unsaturated/α-hetero) is 1. The van der Waals surface area contributed by atoms with Crippen LogP contribution in [0.4, 0.5) is 5.69 Å². The fourth-order valence-electron chi connectivity index (χ4n) is 3.68. The number of aryl methyl sites for hydroxylation is 1. The Labute approximate surface area is 188 Å². The SMILES string of the molecule is COc1c(Cl)cc(/C(O)=C2/C(=O)C(=O)N(c3ccccc3C)C2c2ccco2)cc1Cl. The molecule has 2 heterocycles. The molecule has 8 heteroatoms. The Kier molecular flexibility index (Phi) is 5.52. The number of halogens is 2. The lowest BCUT2D eigenvalue weighted by Crippen LogP contribution is -2.29. The van der Waals surface area contributed by atoms with Crippen LogP contribution in [0.25, 0.3) is 5.76 Å². The number of para-hydroxylation sites is 1. The highest BCUT2D eigenvalue weighted by molar-refractivity contribution is 6.51. The summed E-state index contributed by atoms with van der Waals surface area (Å²) in [6.45, 7) is 1.83. The zero-order chi connectivity index (χ0) is 22.3. The number of anilines is 1. The maximum Gasteiger partial charge on any atom is 0.300 e. The number of rotatable bonds is 4. The van der Waals surface area contributed by atoms with E-state index in [1.165, 1.54) is 30.4 Å². The van der Waals surface area contributed by atoms with E-state index in [2.05, 4.69) is 0 Å². The van der Waals surface area contributed by atoms with Crippen LogP contribution in [-0.4, -0.2) is 23.9 Å². The first-order valence-electron chi connectivity index (χ1n) is 9.28. The number of ketones is 1. The topological polar surface area (TPSA) is 80.0 Å². The van der Waals surface area contributed by atoms with Crippen LogP contribution in [0.2, 0.25) is 10.0 Å². The number of aliphatic hydroxyl groups excluding tert-OH is 1. The molecule has 2 aromatic carbocycles. The number of amides is 1. The molecular weight excluding hydrogens is 441 g/mol. The molecule has 0 aliphatic carbocycles. The van der Waals surface area contributed by atoms with Crippen LogP contribution in [0.1, 0.15) is 22.9 Å². The van der Waals surface area contributed by atoms with Gasteiger partial charge in [0, 0.05) is 11.3 Å². The molecule has 1 unspecified atom stereocenters. The van der Waals surface area contributed by atoms with E-state index in [0.29, 0.717) is 11.4 Å². The summed E-state index contributed by atoms with van der Waals surface area (Å²) in [7, 11) is 1.41. The monoisotopic (exact) mass is 457 g/mol. The van der Waals surface area contributed by atoms with Gasteiger partial charge >= 0.3 is 0 Å². The minimum Gasteiger partial charge on any atom is -0.507 e. The van der Waals surface area contributed by atoms with Crippen LogP contribution in [0.15, 0.2) is 64.8 Å². The highest BCUT2D eigenvalue weighted by atomic mass is 35.5. The number of carbonyl (C=O) groups is 2. The average molecular weight is 458 g/mol.